The molecular formula is C13H21BrN2S. The van der Waals surface area contributed by atoms with Crippen LogP contribution in [0.2, 0.25) is 0 Å². The van der Waals surface area contributed by atoms with Crippen LogP contribution in [0, 0.1) is 11.8 Å². The summed E-state index contributed by atoms with van der Waals surface area (Å²) in [5.41, 5.74) is 4.39. The molecule has 4 heteroatoms. The van der Waals surface area contributed by atoms with Crippen molar-refractivity contribution in [1.29, 1.82) is 0 Å². The first kappa shape index (κ1) is 13.5. The highest BCUT2D eigenvalue weighted by Gasteiger charge is 2.31. The largest absolute Gasteiger partial charge is 0.271 e. The van der Waals surface area contributed by atoms with E-state index < -0.39 is 0 Å². The van der Waals surface area contributed by atoms with Gasteiger partial charge in [-0.3, -0.25) is 11.3 Å². The Kier molecular flexibility index (Phi) is 5.03. The zero-order chi connectivity index (χ0) is 12.3. The van der Waals surface area contributed by atoms with Gasteiger partial charge in [-0.15, -0.1) is 11.3 Å². The Morgan fingerprint density at radius 3 is 2.88 bits per heavy atom. The van der Waals surface area contributed by atoms with Gasteiger partial charge in [0.05, 0.1) is 3.79 Å². The molecule has 1 saturated carbocycles. The van der Waals surface area contributed by atoms with Gasteiger partial charge in [-0.25, -0.2) is 0 Å². The second-order valence-electron chi connectivity index (χ2n) is 4.95. The van der Waals surface area contributed by atoms with Gasteiger partial charge in [0.2, 0.25) is 0 Å². The van der Waals surface area contributed by atoms with E-state index in [0.717, 1.165) is 5.92 Å². The smallest absolute Gasteiger partial charge is 0.0701 e. The van der Waals surface area contributed by atoms with E-state index in [0.29, 0.717) is 12.0 Å². The molecule has 17 heavy (non-hydrogen) atoms. The van der Waals surface area contributed by atoms with Crippen molar-refractivity contribution < 1.29 is 0 Å². The molecule has 1 heterocycles. The lowest BCUT2D eigenvalue weighted by molar-refractivity contribution is 0.176. The second-order valence-corrected chi connectivity index (χ2v) is 7.24. The molecule has 0 spiro atoms. The van der Waals surface area contributed by atoms with E-state index in [1.165, 1.54) is 41.5 Å². The summed E-state index contributed by atoms with van der Waals surface area (Å²) < 4.78 is 1.19. The zero-order valence-electron chi connectivity index (χ0n) is 10.3. The number of hydrazine groups is 1. The normalized spacial score (nSPS) is 27.0. The highest BCUT2D eigenvalue weighted by molar-refractivity contribution is 9.11. The van der Waals surface area contributed by atoms with Crippen LogP contribution in [-0.4, -0.2) is 0 Å². The molecule has 0 bridgehead atoms. The van der Waals surface area contributed by atoms with Gasteiger partial charge in [0.25, 0.3) is 0 Å². The van der Waals surface area contributed by atoms with Crippen molar-refractivity contribution in [1.82, 2.24) is 5.43 Å². The number of nitrogens with two attached hydrogens (primary N) is 1. The van der Waals surface area contributed by atoms with E-state index in [-0.39, 0.29) is 0 Å². The van der Waals surface area contributed by atoms with Crippen molar-refractivity contribution in [3.05, 3.63) is 20.8 Å². The summed E-state index contributed by atoms with van der Waals surface area (Å²) >= 11 is 5.28. The number of hydrogen-bond donors (Lipinski definition) is 2. The van der Waals surface area contributed by atoms with Gasteiger partial charge in [-0.1, -0.05) is 32.6 Å². The molecule has 0 radical (unpaired) electrons. The monoisotopic (exact) mass is 316 g/mol. The number of halogens is 1. The predicted octanol–water partition coefficient (Wildman–Crippen LogP) is 4.23. The van der Waals surface area contributed by atoms with Crippen molar-refractivity contribution in [2.24, 2.45) is 17.7 Å². The van der Waals surface area contributed by atoms with Gasteiger partial charge in [0, 0.05) is 6.04 Å². The van der Waals surface area contributed by atoms with Crippen LogP contribution in [0.5, 0.6) is 0 Å². The molecule has 3 N–H and O–H groups in total. The minimum Gasteiger partial charge on any atom is -0.271 e. The molecule has 2 rings (SSSR count). The second kappa shape index (κ2) is 6.32. The van der Waals surface area contributed by atoms with Crippen LogP contribution in [0.15, 0.2) is 15.2 Å². The average molecular weight is 317 g/mol. The highest BCUT2D eigenvalue weighted by Crippen LogP contribution is 2.41. The molecule has 0 amide bonds. The van der Waals surface area contributed by atoms with Crippen LogP contribution < -0.4 is 11.3 Å². The van der Waals surface area contributed by atoms with E-state index >= 15 is 0 Å². The molecule has 0 aromatic carbocycles. The Labute approximate surface area is 116 Å². The first-order valence-corrected chi connectivity index (χ1v) is 8.13. The van der Waals surface area contributed by atoms with E-state index in [4.69, 9.17) is 5.84 Å². The average Bonchev–Trinajstić information content (AvgIpc) is 2.77. The summed E-state index contributed by atoms with van der Waals surface area (Å²) in [6.45, 7) is 2.31. The number of rotatable bonds is 4. The van der Waals surface area contributed by atoms with Gasteiger partial charge < -0.3 is 0 Å². The van der Waals surface area contributed by atoms with Crippen LogP contribution in [0.3, 0.4) is 0 Å². The van der Waals surface area contributed by atoms with Gasteiger partial charge in [0.1, 0.15) is 0 Å². The zero-order valence-corrected chi connectivity index (χ0v) is 12.7. The van der Waals surface area contributed by atoms with Crippen LogP contribution in [0.25, 0.3) is 0 Å². The third kappa shape index (κ3) is 3.11. The number of nitrogens with one attached hydrogen (secondary N) is 1. The molecule has 96 valence electrons. The standard InChI is InChI=1S/C13H21BrN2S/c1-2-9-5-3-4-6-11(9)13(16-15)10-7-12(14)17-8-10/h7-9,11,13,16H,2-6,15H2,1H3. The molecule has 3 atom stereocenters. The van der Waals surface area contributed by atoms with Crippen molar-refractivity contribution in [2.45, 2.75) is 45.1 Å². The summed E-state index contributed by atoms with van der Waals surface area (Å²) in [5.74, 6) is 7.32. The highest BCUT2D eigenvalue weighted by atomic mass is 79.9. The topological polar surface area (TPSA) is 38.0 Å². The van der Waals surface area contributed by atoms with E-state index in [2.05, 4.69) is 39.7 Å². The van der Waals surface area contributed by atoms with E-state index in [1.807, 2.05) is 0 Å². The van der Waals surface area contributed by atoms with Crippen LogP contribution >= 0.6 is 27.3 Å². The van der Waals surface area contributed by atoms with Crippen LogP contribution in [0.4, 0.5) is 0 Å². The first-order chi connectivity index (χ1) is 8.26. The van der Waals surface area contributed by atoms with E-state index in [9.17, 15) is 0 Å². The molecular weight excluding hydrogens is 296 g/mol. The molecule has 0 aliphatic heterocycles. The lowest BCUT2D eigenvalue weighted by atomic mass is 9.73. The van der Waals surface area contributed by atoms with Crippen LogP contribution in [0.1, 0.15) is 50.6 Å². The quantitative estimate of drug-likeness (QED) is 0.644. The fourth-order valence-electron chi connectivity index (χ4n) is 3.14. The molecule has 1 aliphatic carbocycles. The summed E-state index contributed by atoms with van der Waals surface area (Å²) in [6.07, 6.45) is 6.68. The Morgan fingerprint density at radius 1 is 1.53 bits per heavy atom. The third-order valence-electron chi connectivity index (χ3n) is 4.05. The lowest BCUT2D eigenvalue weighted by Gasteiger charge is -2.36. The number of thiophene rings is 1. The molecule has 1 aromatic rings. The van der Waals surface area contributed by atoms with Crippen molar-refractivity contribution in [3.63, 3.8) is 0 Å². The van der Waals surface area contributed by atoms with E-state index in [1.54, 1.807) is 11.3 Å². The summed E-state index contributed by atoms with van der Waals surface area (Å²) in [6, 6.07) is 2.53. The Balaban J connectivity index is 2.16. The molecule has 2 nitrogen and oxygen atoms in total. The fourth-order valence-corrected chi connectivity index (χ4v) is 4.35. The van der Waals surface area contributed by atoms with Gasteiger partial charge >= 0.3 is 0 Å². The SMILES string of the molecule is CCC1CCCCC1C(NN)c1csc(Br)c1. The Bertz CT molecular complexity index is 353. The summed E-state index contributed by atoms with van der Waals surface area (Å²) in [5, 5.41) is 2.22. The molecule has 1 fully saturated rings. The van der Waals surface area contributed by atoms with Gasteiger partial charge in [-0.2, -0.15) is 0 Å². The van der Waals surface area contributed by atoms with Crippen molar-refractivity contribution >= 4 is 27.3 Å². The fraction of sp³-hybridized carbons (Fsp3) is 0.692. The molecule has 3 unspecified atom stereocenters. The molecule has 0 saturated heterocycles. The van der Waals surface area contributed by atoms with Gasteiger partial charge in [-0.05, 0) is 51.2 Å². The lowest BCUT2D eigenvalue weighted by Crippen LogP contribution is -2.37. The molecule has 1 aromatic heterocycles. The maximum absolute atomic E-state index is 5.80. The maximum atomic E-state index is 5.80. The van der Waals surface area contributed by atoms with Crippen molar-refractivity contribution in [2.75, 3.05) is 0 Å². The molecule has 1 aliphatic rings. The predicted molar refractivity (Wildman–Crippen MR) is 77.8 cm³/mol. The number of hydrogen-bond acceptors (Lipinski definition) is 3. The Morgan fingerprint density at radius 2 is 2.29 bits per heavy atom. The summed E-state index contributed by atoms with van der Waals surface area (Å²) in [7, 11) is 0. The van der Waals surface area contributed by atoms with Gasteiger partial charge in [0.15, 0.2) is 0 Å². The first-order valence-electron chi connectivity index (χ1n) is 6.46. The van der Waals surface area contributed by atoms with Crippen molar-refractivity contribution in [3.8, 4) is 0 Å². The Hall–Kier alpha value is 0.100. The minimum absolute atomic E-state index is 0.322. The maximum Gasteiger partial charge on any atom is 0.0701 e. The summed E-state index contributed by atoms with van der Waals surface area (Å²) in [4.78, 5) is 0. The third-order valence-corrected chi connectivity index (χ3v) is 5.57. The minimum atomic E-state index is 0.322. The van der Waals surface area contributed by atoms with Crippen LogP contribution in [-0.2, 0) is 0 Å².